The molecule has 0 fully saturated rings. The number of hydrogen-bond acceptors (Lipinski definition) is 4. The zero-order valence-electron chi connectivity index (χ0n) is 19.5. The van der Waals surface area contributed by atoms with Crippen molar-refractivity contribution >= 4 is 17.5 Å². The molecule has 172 valence electrons. The highest BCUT2D eigenvalue weighted by molar-refractivity contribution is 6.06. The molecule has 0 aromatic heterocycles. The second kappa shape index (κ2) is 8.94. The van der Waals surface area contributed by atoms with Gasteiger partial charge in [0.1, 0.15) is 0 Å². The highest BCUT2D eigenvalue weighted by atomic mass is 16.6. The summed E-state index contributed by atoms with van der Waals surface area (Å²) >= 11 is 0. The predicted molar refractivity (Wildman–Crippen MR) is 133 cm³/mol. The number of benzene rings is 3. The maximum atomic E-state index is 13.1. The van der Waals surface area contributed by atoms with E-state index < -0.39 is 17.4 Å². The number of rotatable bonds is 5. The van der Waals surface area contributed by atoms with E-state index in [4.69, 9.17) is 9.47 Å². The number of esters is 2. The van der Waals surface area contributed by atoms with E-state index in [1.165, 1.54) is 11.1 Å². The Morgan fingerprint density at radius 2 is 1.44 bits per heavy atom. The number of hydrogen-bond donors (Lipinski definition) is 0. The first-order chi connectivity index (χ1) is 16.6. The number of ether oxygens (including phenoxy) is 2. The van der Waals surface area contributed by atoms with Crippen LogP contribution in [0.4, 0.5) is 0 Å². The van der Waals surface area contributed by atoms with E-state index in [0.717, 1.165) is 34.2 Å². The first-order valence-corrected chi connectivity index (χ1v) is 11.9. The van der Waals surface area contributed by atoms with Crippen LogP contribution in [-0.4, -0.2) is 25.2 Å². The minimum Gasteiger partial charge on any atom is -0.465 e. The highest BCUT2D eigenvalue weighted by Crippen LogP contribution is 2.52. The number of carbonyl (C=O) groups excluding carboxylic acids is 2. The Morgan fingerprint density at radius 1 is 0.794 bits per heavy atom. The molecule has 0 amide bonds. The molecular formula is C30H28O4. The van der Waals surface area contributed by atoms with E-state index in [1.54, 1.807) is 13.8 Å². The van der Waals surface area contributed by atoms with E-state index in [9.17, 15) is 9.59 Å². The molecule has 5 rings (SSSR count). The summed E-state index contributed by atoms with van der Waals surface area (Å²) in [5.41, 5.74) is 6.53. The van der Waals surface area contributed by atoms with Gasteiger partial charge in [-0.25, -0.2) is 0 Å². The predicted octanol–water partition coefficient (Wildman–Crippen LogP) is 6.09. The lowest BCUT2D eigenvalue weighted by atomic mass is 9.83. The fraction of sp³-hybridized carbons (Fsp3) is 0.267. The Balaban J connectivity index is 1.65. The smallest absolute Gasteiger partial charge is 0.327 e. The van der Waals surface area contributed by atoms with Gasteiger partial charge in [0.2, 0.25) is 0 Å². The van der Waals surface area contributed by atoms with Gasteiger partial charge in [-0.1, -0.05) is 78.9 Å². The average molecular weight is 453 g/mol. The van der Waals surface area contributed by atoms with Crippen LogP contribution < -0.4 is 0 Å². The maximum absolute atomic E-state index is 13.1. The molecule has 0 bridgehead atoms. The largest absolute Gasteiger partial charge is 0.465 e. The van der Waals surface area contributed by atoms with Crippen molar-refractivity contribution in [2.75, 3.05) is 13.2 Å². The van der Waals surface area contributed by atoms with E-state index in [-0.39, 0.29) is 19.1 Å². The molecule has 3 aromatic rings. The van der Waals surface area contributed by atoms with E-state index >= 15 is 0 Å². The van der Waals surface area contributed by atoms with Crippen molar-refractivity contribution in [3.8, 4) is 22.3 Å². The molecule has 0 saturated carbocycles. The second-order valence-corrected chi connectivity index (χ2v) is 8.90. The van der Waals surface area contributed by atoms with Gasteiger partial charge in [0, 0.05) is 0 Å². The second-order valence-electron chi connectivity index (χ2n) is 8.90. The van der Waals surface area contributed by atoms with E-state index in [1.807, 2.05) is 36.4 Å². The molecule has 0 heterocycles. The molecule has 1 unspecified atom stereocenters. The lowest BCUT2D eigenvalue weighted by Crippen LogP contribution is -2.39. The van der Waals surface area contributed by atoms with Crippen LogP contribution in [0.3, 0.4) is 0 Å². The van der Waals surface area contributed by atoms with E-state index in [0.29, 0.717) is 6.42 Å². The Bertz CT molecular complexity index is 1250. The van der Waals surface area contributed by atoms with Gasteiger partial charge in [0.05, 0.1) is 13.2 Å². The summed E-state index contributed by atoms with van der Waals surface area (Å²) < 4.78 is 10.8. The van der Waals surface area contributed by atoms with Crippen LogP contribution in [0.1, 0.15) is 31.4 Å². The summed E-state index contributed by atoms with van der Waals surface area (Å²) in [5, 5.41) is 0. The molecule has 0 N–H and O–H groups in total. The quantitative estimate of drug-likeness (QED) is 0.347. The van der Waals surface area contributed by atoms with Gasteiger partial charge in [-0.05, 0) is 71.6 Å². The monoisotopic (exact) mass is 452 g/mol. The van der Waals surface area contributed by atoms with Crippen LogP contribution in [0, 0.1) is 11.3 Å². The van der Waals surface area contributed by atoms with Crippen molar-refractivity contribution in [3.05, 3.63) is 90.0 Å². The minimum atomic E-state index is -1.41. The van der Waals surface area contributed by atoms with Gasteiger partial charge in [-0.3, -0.25) is 9.59 Å². The van der Waals surface area contributed by atoms with Gasteiger partial charge in [-0.15, -0.1) is 0 Å². The van der Waals surface area contributed by atoms with Crippen molar-refractivity contribution in [1.82, 2.24) is 0 Å². The molecule has 4 nitrogen and oxygen atoms in total. The molecule has 0 spiro atoms. The highest BCUT2D eigenvalue weighted by Gasteiger charge is 2.54. The Labute approximate surface area is 200 Å². The number of allylic oxidation sites excluding steroid dienone is 1. The third-order valence-electron chi connectivity index (χ3n) is 6.90. The average Bonchev–Trinajstić information content (AvgIpc) is 3.20. The van der Waals surface area contributed by atoms with Crippen molar-refractivity contribution in [3.63, 3.8) is 0 Å². The molecule has 4 heteroatoms. The molecule has 0 aliphatic heterocycles. The first kappa shape index (κ1) is 22.1. The summed E-state index contributed by atoms with van der Waals surface area (Å²) in [6, 6.07) is 25.2. The zero-order valence-corrected chi connectivity index (χ0v) is 19.5. The van der Waals surface area contributed by atoms with Crippen LogP contribution in [0.5, 0.6) is 0 Å². The Hall–Kier alpha value is -3.66. The first-order valence-electron chi connectivity index (χ1n) is 11.9. The van der Waals surface area contributed by atoms with Crippen molar-refractivity contribution in [2.45, 2.75) is 26.7 Å². The van der Waals surface area contributed by atoms with Gasteiger partial charge in [-0.2, -0.15) is 0 Å². The molecule has 1 atom stereocenters. The SMILES string of the molecule is CCOC(=O)C1(C(=O)OCC)C=C2c3ccccc3-c3ccc(-c4ccccc4)cc3CC2C1. The Kier molecular flexibility index (Phi) is 5.82. The van der Waals surface area contributed by atoms with Gasteiger partial charge in [0.15, 0.2) is 5.41 Å². The van der Waals surface area contributed by atoms with Crippen molar-refractivity contribution in [1.29, 1.82) is 0 Å². The zero-order chi connectivity index (χ0) is 23.7. The molecule has 0 saturated heterocycles. The summed E-state index contributed by atoms with van der Waals surface area (Å²) in [6.07, 6.45) is 2.91. The third kappa shape index (κ3) is 3.63. The van der Waals surface area contributed by atoms with Gasteiger partial charge < -0.3 is 9.47 Å². The molecule has 2 aliphatic carbocycles. The summed E-state index contributed by atoms with van der Waals surface area (Å²) in [4.78, 5) is 26.3. The normalized spacial score (nSPS) is 17.5. The molecule has 0 radical (unpaired) electrons. The lowest BCUT2D eigenvalue weighted by molar-refractivity contribution is -0.168. The topological polar surface area (TPSA) is 52.6 Å². The van der Waals surface area contributed by atoms with Crippen LogP contribution in [-0.2, 0) is 25.5 Å². The summed E-state index contributed by atoms with van der Waals surface area (Å²) in [6.45, 7) is 3.95. The van der Waals surface area contributed by atoms with Crippen LogP contribution in [0.2, 0.25) is 0 Å². The fourth-order valence-corrected chi connectivity index (χ4v) is 5.38. The number of carbonyl (C=O) groups is 2. The van der Waals surface area contributed by atoms with E-state index in [2.05, 4.69) is 42.5 Å². The minimum absolute atomic E-state index is 0.00207. The maximum Gasteiger partial charge on any atom is 0.327 e. The Morgan fingerprint density at radius 3 is 2.12 bits per heavy atom. The molecule has 34 heavy (non-hydrogen) atoms. The van der Waals surface area contributed by atoms with Crippen LogP contribution >= 0.6 is 0 Å². The van der Waals surface area contributed by atoms with Crippen LogP contribution in [0.25, 0.3) is 27.8 Å². The summed E-state index contributed by atoms with van der Waals surface area (Å²) in [5.74, 6) is -1.04. The number of fused-ring (bicyclic) bond motifs is 5. The molecule has 3 aromatic carbocycles. The lowest BCUT2D eigenvalue weighted by Gasteiger charge is -2.24. The van der Waals surface area contributed by atoms with Gasteiger partial charge in [0.25, 0.3) is 0 Å². The molecular weight excluding hydrogens is 424 g/mol. The standard InChI is InChI=1S/C30H28O4/c1-3-33-28(31)30(29(32)34-4-2)18-23-17-22-16-21(20-10-6-5-7-11-20)14-15-24(22)25-12-8-9-13-26(25)27(23)19-30/h5-16,19,23H,3-4,17-18H2,1-2H3. The summed E-state index contributed by atoms with van der Waals surface area (Å²) in [7, 11) is 0. The van der Waals surface area contributed by atoms with Crippen molar-refractivity contribution < 1.29 is 19.1 Å². The van der Waals surface area contributed by atoms with Gasteiger partial charge >= 0.3 is 11.9 Å². The third-order valence-corrected chi connectivity index (χ3v) is 6.90. The van der Waals surface area contributed by atoms with Crippen molar-refractivity contribution in [2.24, 2.45) is 11.3 Å². The fourth-order valence-electron chi connectivity index (χ4n) is 5.38. The molecule has 2 aliphatic rings. The van der Waals surface area contributed by atoms with Crippen LogP contribution in [0.15, 0.2) is 78.9 Å².